The minimum absolute atomic E-state index is 0.363. The molecule has 0 aromatic heterocycles. The van der Waals surface area contributed by atoms with Crippen LogP contribution in [0, 0.1) is 23.2 Å². The summed E-state index contributed by atoms with van der Waals surface area (Å²) in [5.74, 6) is 2.28. The van der Waals surface area contributed by atoms with Gasteiger partial charge in [-0.05, 0) is 43.3 Å². The highest BCUT2D eigenvalue weighted by atomic mass is 15.3. The Kier molecular flexibility index (Phi) is 6.74. The maximum absolute atomic E-state index is 2.72. The van der Waals surface area contributed by atoms with E-state index in [2.05, 4.69) is 72.2 Å². The SMILES string of the molecule is CCC(C)C(C)(C)C(C(C)C(C)C1CN1C)N(CC)CC. The molecule has 0 amide bonds. The largest absolute Gasteiger partial charge is 0.300 e. The summed E-state index contributed by atoms with van der Waals surface area (Å²) in [7, 11) is 2.26. The highest BCUT2D eigenvalue weighted by Gasteiger charge is 2.46. The molecule has 0 aromatic carbocycles. The fourth-order valence-corrected chi connectivity index (χ4v) is 4.37. The van der Waals surface area contributed by atoms with Crippen LogP contribution in [0.5, 0.6) is 0 Å². The summed E-state index contributed by atoms with van der Waals surface area (Å²) in [4.78, 5) is 5.21. The van der Waals surface area contributed by atoms with Crippen LogP contribution in [-0.2, 0) is 0 Å². The van der Waals surface area contributed by atoms with Crippen LogP contribution in [0.15, 0.2) is 0 Å². The van der Waals surface area contributed by atoms with Crippen LogP contribution < -0.4 is 0 Å². The summed E-state index contributed by atoms with van der Waals surface area (Å²) in [6, 6.07) is 1.48. The van der Waals surface area contributed by atoms with Gasteiger partial charge in [-0.3, -0.25) is 0 Å². The zero-order valence-electron chi connectivity index (χ0n) is 16.1. The molecule has 1 aliphatic rings. The van der Waals surface area contributed by atoms with Gasteiger partial charge in [0.2, 0.25) is 0 Å². The van der Waals surface area contributed by atoms with E-state index in [1.165, 1.54) is 26.1 Å². The van der Waals surface area contributed by atoms with Gasteiger partial charge in [0.05, 0.1) is 0 Å². The molecule has 0 aliphatic carbocycles. The molecular weight excluding hydrogens is 256 g/mol. The average Bonchev–Trinajstić information content (AvgIpc) is 3.18. The lowest BCUT2D eigenvalue weighted by Crippen LogP contribution is -2.53. The average molecular weight is 297 g/mol. The van der Waals surface area contributed by atoms with E-state index < -0.39 is 0 Å². The Balaban J connectivity index is 3.01. The molecular formula is C19H40N2. The first-order valence-electron chi connectivity index (χ1n) is 9.16. The summed E-state index contributed by atoms with van der Waals surface area (Å²) < 4.78 is 0. The van der Waals surface area contributed by atoms with Crippen molar-refractivity contribution in [3.05, 3.63) is 0 Å². The van der Waals surface area contributed by atoms with Crippen molar-refractivity contribution < 1.29 is 0 Å². The van der Waals surface area contributed by atoms with E-state index in [-0.39, 0.29) is 0 Å². The summed E-state index contributed by atoms with van der Waals surface area (Å²) in [6.45, 7) is 23.0. The van der Waals surface area contributed by atoms with Crippen LogP contribution in [0.1, 0.15) is 61.8 Å². The van der Waals surface area contributed by atoms with E-state index in [1.54, 1.807) is 0 Å². The predicted molar refractivity (Wildman–Crippen MR) is 94.7 cm³/mol. The number of hydrogen-bond acceptors (Lipinski definition) is 2. The van der Waals surface area contributed by atoms with Gasteiger partial charge in [-0.15, -0.1) is 0 Å². The van der Waals surface area contributed by atoms with E-state index in [1.807, 2.05) is 0 Å². The number of nitrogens with zero attached hydrogens (tertiary/aromatic N) is 2. The van der Waals surface area contributed by atoms with Gasteiger partial charge in [0, 0.05) is 18.6 Å². The second-order valence-corrected chi connectivity index (χ2v) is 8.02. The van der Waals surface area contributed by atoms with Crippen LogP contribution in [0.3, 0.4) is 0 Å². The Morgan fingerprint density at radius 2 is 1.57 bits per heavy atom. The van der Waals surface area contributed by atoms with Crippen LogP contribution in [0.2, 0.25) is 0 Å². The molecule has 0 aromatic rings. The molecule has 1 aliphatic heterocycles. The normalized spacial score (nSPS) is 28.3. The third-order valence-corrected chi connectivity index (χ3v) is 6.69. The zero-order chi connectivity index (χ0) is 16.4. The molecule has 2 heteroatoms. The van der Waals surface area contributed by atoms with Gasteiger partial charge in [0.25, 0.3) is 0 Å². The Hall–Kier alpha value is -0.0800. The molecule has 0 spiro atoms. The Labute approximate surface area is 134 Å². The van der Waals surface area contributed by atoms with Crippen molar-refractivity contribution in [1.29, 1.82) is 0 Å². The van der Waals surface area contributed by atoms with Crippen molar-refractivity contribution in [3.8, 4) is 0 Å². The third-order valence-electron chi connectivity index (χ3n) is 6.69. The lowest BCUT2D eigenvalue weighted by molar-refractivity contribution is -0.000760. The summed E-state index contributed by atoms with van der Waals surface area (Å²) in [5, 5.41) is 0. The van der Waals surface area contributed by atoms with Crippen molar-refractivity contribution in [2.24, 2.45) is 23.2 Å². The van der Waals surface area contributed by atoms with E-state index in [0.717, 1.165) is 23.8 Å². The summed E-state index contributed by atoms with van der Waals surface area (Å²) in [6.07, 6.45) is 1.27. The van der Waals surface area contributed by atoms with Gasteiger partial charge >= 0.3 is 0 Å². The second-order valence-electron chi connectivity index (χ2n) is 8.02. The zero-order valence-corrected chi connectivity index (χ0v) is 16.1. The van der Waals surface area contributed by atoms with Crippen LogP contribution in [0.25, 0.3) is 0 Å². The highest BCUT2D eigenvalue weighted by Crippen LogP contribution is 2.43. The molecule has 6 atom stereocenters. The van der Waals surface area contributed by atoms with Gasteiger partial charge in [0.1, 0.15) is 0 Å². The van der Waals surface area contributed by atoms with E-state index in [0.29, 0.717) is 11.5 Å². The maximum atomic E-state index is 2.72. The third kappa shape index (κ3) is 4.01. The van der Waals surface area contributed by atoms with Crippen molar-refractivity contribution in [1.82, 2.24) is 9.80 Å². The minimum atomic E-state index is 0.363. The number of rotatable bonds is 9. The summed E-state index contributed by atoms with van der Waals surface area (Å²) in [5.41, 5.74) is 0.363. The molecule has 0 N–H and O–H groups in total. The lowest BCUT2D eigenvalue weighted by Gasteiger charge is -2.49. The van der Waals surface area contributed by atoms with Gasteiger partial charge < -0.3 is 9.80 Å². The van der Waals surface area contributed by atoms with Gasteiger partial charge in [-0.2, -0.15) is 0 Å². The van der Waals surface area contributed by atoms with Crippen LogP contribution >= 0.6 is 0 Å². The maximum Gasteiger partial charge on any atom is 0.0249 e. The minimum Gasteiger partial charge on any atom is -0.300 e. The van der Waals surface area contributed by atoms with Crippen molar-refractivity contribution in [3.63, 3.8) is 0 Å². The smallest absolute Gasteiger partial charge is 0.0249 e. The standard InChI is InChI=1S/C19H40N2/c1-10-14(4)19(7,8)18(21(11-2)12-3)16(6)15(5)17-13-20(17)9/h14-18H,10-13H2,1-9H3. The molecule has 1 heterocycles. The first-order chi connectivity index (χ1) is 9.72. The lowest BCUT2D eigenvalue weighted by atomic mass is 9.65. The van der Waals surface area contributed by atoms with Crippen molar-refractivity contribution in [2.45, 2.75) is 73.9 Å². The first-order valence-corrected chi connectivity index (χ1v) is 9.16. The van der Waals surface area contributed by atoms with Crippen molar-refractivity contribution in [2.75, 3.05) is 26.7 Å². The number of hydrogen-bond donors (Lipinski definition) is 0. The Morgan fingerprint density at radius 3 is 1.90 bits per heavy atom. The summed E-state index contributed by atoms with van der Waals surface area (Å²) >= 11 is 0. The predicted octanol–water partition coefficient (Wildman–Crippen LogP) is 4.36. The number of likely N-dealkylation sites (N-methyl/N-ethyl adjacent to an activating group) is 1. The van der Waals surface area contributed by atoms with Gasteiger partial charge in [-0.1, -0.05) is 61.8 Å². The molecule has 126 valence electrons. The molecule has 6 unspecified atom stereocenters. The highest BCUT2D eigenvalue weighted by molar-refractivity contribution is 4.99. The molecule has 1 saturated heterocycles. The topological polar surface area (TPSA) is 6.25 Å². The molecule has 0 radical (unpaired) electrons. The molecule has 1 fully saturated rings. The molecule has 0 bridgehead atoms. The van der Waals surface area contributed by atoms with Gasteiger partial charge in [-0.25, -0.2) is 0 Å². The van der Waals surface area contributed by atoms with E-state index >= 15 is 0 Å². The quantitative estimate of drug-likeness (QED) is 0.583. The fourth-order valence-electron chi connectivity index (χ4n) is 4.37. The van der Waals surface area contributed by atoms with E-state index in [9.17, 15) is 0 Å². The van der Waals surface area contributed by atoms with Crippen molar-refractivity contribution >= 4 is 0 Å². The molecule has 2 nitrogen and oxygen atoms in total. The fraction of sp³-hybridized carbons (Fsp3) is 1.00. The van der Waals surface area contributed by atoms with Gasteiger partial charge in [0.15, 0.2) is 0 Å². The molecule has 1 rings (SSSR count). The van der Waals surface area contributed by atoms with E-state index in [4.69, 9.17) is 0 Å². The second kappa shape index (κ2) is 7.46. The van der Waals surface area contributed by atoms with Crippen LogP contribution in [-0.4, -0.2) is 48.6 Å². The monoisotopic (exact) mass is 296 g/mol. The molecule has 21 heavy (non-hydrogen) atoms. The molecule has 0 saturated carbocycles. The first kappa shape index (κ1) is 19.0. The van der Waals surface area contributed by atoms with Crippen LogP contribution in [0.4, 0.5) is 0 Å². The Bertz CT molecular complexity index is 309. The Morgan fingerprint density at radius 1 is 1.10 bits per heavy atom.